The van der Waals surface area contributed by atoms with Gasteiger partial charge in [-0.25, -0.2) is 0 Å². The summed E-state index contributed by atoms with van der Waals surface area (Å²) in [7, 11) is 1.31. The molecule has 80 valence electrons. The minimum atomic E-state index is 0.880. The van der Waals surface area contributed by atoms with E-state index in [4.69, 9.17) is 0 Å². The van der Waals surface area contributed by atoms with Gasteiger partial charge in [-0.3, -0.25) is 0 Å². The van der Waals surface area contributed by atoms with Gasteiger partial charge in [0.15, 0.2) is 0 Å². The van der Waals surface area contributed by atoms with Gasteiger partial charge < -0.3 is 0 Å². The second-order valence-corrected chi connectivity index (χ2v) is 8.04. The van der Waals surface area contributed by atoms with Crippen molar-refractivity contribution in [1.82, 2.24) is 0 Å². The van der Waals surface area contributed by atoms with Gasteiger partial charge in [-0.2, -0.15) is 0 Å². The lowest BCUT2D eigenvalue weighted by Gasteiger charge is -2.57. The van der Waals surface area contributed by atoms with Gasteiger partial charge in [-0.15, -0.1) is 8.58 Å². The van der Waals surface area contributed by atoms with E-state index < -0.39 is 0 Å². The molecule has 4 fully saturated rings. The summed E-state index contributed by atoms with van der Waals surface area (Å²) >= 11 is 0. The van der Waals surface area contributed by atoms with Crippen LogP contribution in [0, 0.1) is 17.8 Å². The molecule has 0 heterocycles. The molecule has 0 amide bonds. The van der Waals surface area contributed by atoms with Crippen LogP contribution in [0.1, 0.15) is 51.9 Å². The average Bonchev–Trinajstić information content (AvgIpc) is 2.12. The first kappa shape index (κ1) is 9.64. The molecule has 0 aromatic heterocycles. The zero-order valence-electron chi connectivity index (χ0n) is 9.39. The van der Waals surface area contributed by atoms with Gasteiger partial charge in [0.2, 0.25) is 0 Å². The molecule has 4 aliphatic rings. The minimum absolute atomic E-state index is 0.880. The third-order valence-corrected chi connectivity index (χ3v) is 6.90. The molecular formula is C13H23P. The van der Waals surface area contributed by atoms with E-state index in [-0.39, 0.29) is 0 Å². The number of rotatable bonds is 3. The lowest BCUT2D eigenvalue weighted by Crippen LogP contribution is -2.47. The van der Waals surface area contributed by atoms with Gasteiger partial charge in [0.25, 0.3) is 0 Å². The van der Waals surface area contributed by atoms with Crippen molar-refractivity contribution < 1.29 is 0 Å². The first-order chi connectivity index (χ1) is 6.80. The maximum atomic E-state index is 2.35. The van der Waals surface area contributed by atoms with Crippen molar-refractivity contribution in [2.24, 2.45) is 17.8 Å². The Balaban J connectivity index is 1.74. The van der Waals surface area contributed by atoms with Gasteiger partial charge in [-0.1, -0.05) is 13.3 Å². The number of hydrogen-bond donors (Lipinski definition) is 0. The zero-order valence-corrected chi connectivity index (χ0v) is 10.4. The Kier molecular flexibility index (Phi) is 2.39. The summed E-state index contributed by atoms with van der Waals surface area (Å²) in [6.45, 7) is 2.35. The lowest BCUT2D eigenvalue weighted by atomic mass is 9.56. The topological polar surface area (TPSA) is 0 Å². The van der Waals surface area contributed by atoms with Crippen LogP contribution >= 0.6 is 8.58 Å². The Morgan fingerprint density at radius 1 is 1.00 bits per heavy atom. The fourth-order valence-electron chi connectivity index (χ4n) is 4.72. The second kappa shape index (κ2) is 3.48. The Morgan fingerprint density at radius 3 is 1.93 bits per heavy atom. The molecule has 0 N–H and O–H groups in total. The monoisotopic (exact) mass is 210 g/mol. The van der Waals surface area contributed by atoms with Gasteiger partial charge in [0.05, 0.1) is 0 Å². The van der Waals surface area contributed by atoms with Crippen LogP contribution in [0.25, 0.3) is 0 Å². The predicted molar refractivity (Wildman–Crippen MR) is 64.4 cm³/mol. The Hall–Kier alpha value is 0.430. The maximum absolute atomic E-state index is 2.35. The fraction of sp³-hybridized carbons (Fsp3) is 1.00. The van der Waals surface area contributed by atoms with E-state index in [0.29, 0.717) is 0 Å². The highest BCUT2D eigenvalue weighted by Crippen LogP contribution is 2.62. The van der Waals surface area contributed by atoms with Gasteiger partial charge >= 0.3 is 0 Å². The summed E-state index contributed by atoms with van der Waals surface area (Å²) in [5.74, 6) is 3.47. The number of hydrogen-bond acceptors (Lipinski definition) is 0. The quantitative estimate of drug-likeness (QED) is 0.617. The van der Waals surface area contributed by atoms with E-state index in [1.54, 1.807) is 38.5 Å². The lowest BCUT2D eigenvalue weighted by molar-refractivity contribution is 0.0367. The van der Waals surface area contributed by atoms with E-state index in [1.807, 2.05) is 0 Å². The molecule has 0 aliphatic heterocycles. The van der Waals surface area contributed by atoms with Crippen LogP contribution in [0.5, 0.6) is 0 Å². The molecule has 4 saturated carbocycles. The molecule has 0 spiro atoms. The van der Waals surface area contributed by atoms with Crippen molar-refractivity contribution >= 4 is 8.58 Å². The standard InChI is InChI=1S/C13H23P/c1-2-3-14-13-7-10-4-11(8-13)6-12(5-10)9-13/h10-12,14H,2-9H2,1H3. The molecule has 0 radical (unpaired) electrons. The largest absolute Gasteiger partial charge is 0.116 e. The van der Waals surface area contributed by atoms with E-state index in [2.05, 4.69) is 6.92 Å². The molecule has 1 heteroatoms. The first-order valence-electron chi connectivity index (χ1n) is 6.55. The van der Waals surface area contributed by atoms with E-state index in [0.717, 1.165) is 22.9 Å². The smallest absolute Gasteiger partial charge is 0.0114 e. The van der Waals surface area contributed by atoms with Crippen LogP contribution in [-0.4, -0.2) is 11.3 Å². The molecule has 0 aromatic rings. The van der Waals surface area contributed by atoms with E-state index in [9.17, 15) is 0 Å². The van der Waals surface area contributed by atoms with Crippen LogP contribution in [0.15, 0.2) is 0 Å². The molecule has 4 bridgehead atoms. The van der Waals surface area contributed by atoms with Crippen molar-refractivity contribution in [2.75, 3.05) is 6.16 Å². The van der Waals surface area contributed by atoms with Gasteiger partial charge in [-0.05, 0) is 67.6 Å². The van der Waals surface area contributed by atoms with Crippen molar-refractivity contribution in [3.63, 3.8) is 0 Å². The van der Waals surface area contributed by atoms with Crippen LogP contribution in [-0.2, 0) is 0 Å². The van der Waals surface area contributed by atoms with Crippen molar-refractivity contribution in [2.45, 2.75) is 57.0 Å². The Morgan fingerprint density at radius 2 is 1.50 bits per heavy atom. The summed E-state index contributed by atoms with van der Waals surface area (Å²) in [6.07, 6.45) is 12.6. The summed E-state index contributed by atoms with van der Waals surface area (Å²) in [4.78, 5) is 0. The molecular weight excluding hydrogens is 187 g/mol. The summed E-state index contributed by atoms with van der Waals surface area (Å²) in [6, 6.07) is 0. The molecule has 4 rings (SSSR count). The summed E-state index contributed by atoms with van der Waals surface area (Å²) < 4.78 is 0. The molecule has 1 atom stereocenters. The van der Waals surface area contributed by atoms with Crippen LogP contribution < -0.4 is 0 Å². The zero-order chi connectivity index (χ0) is 9.60. The normalized spacial score (nSPS) is 50.8. The van der Waals surface area contributed by atoms with Crippen molar-refractivity contribution in [3.05, 3.63) is 0 Å². The van der Waals surface area contributed by atoms with Gasteiger partial charge in [0.1, 0.15) is 0 Å². The van der Waals surface area contributed by atoms with E-state index >= 15 is 0 Å². The molecule has 0 nitrogen and oxygen atoms in total. The highest BCUT2D eigenvalue weighted by atomic mass is 31.1. The first-order valence-corrected chi connectivity index (χ1v) is 7.75. The van der Waals surface area contributed by atoms with Crippen LogP contribution in [0.3, 0.4) is 0 Å². The highest BCUT2D eigenvalue weighted by molar-refractivity contribution is 7.40. The maximum Gasteiger partial charge on any atom is -0.0114 e. The SMILES string of the molecule is CCCPC12CC3CC(CC(C3)C1)C2. The third kappa shape index (κ3) is 1.54. The minimum Gasteiger partial charge on any atom is -0.116 e. The Labute approximate surface area is 90.0 Å². The van der Waals surface area contributed by atoms with Gasteiger partial charge in [0, 0.05) is 0 Å². The molecule has 0 saturated heterocycles. The summed E-state index contributed by atoms with van der Waals surface area (Å²) in [5, 5.41) is 0.880. The highest BCUT2D eigenvalue weighted by Gasteiger charge is 2.50. The molecule has 14 heavy (non-hydrogen) atoms. The van der Waals surface area contributed by atoms with Crippen molar-refractivity contribution in [1.29, 1.82) is 0 Å². The Bertz CT molecular complexity index is 186. The predicted octanol–water partition coefficient (Wildman–Crippen LogP) is 4.04. The average molecular weight is 210 g/mol. The molecule has 1 unspecified atom stereocenters. The van der Waals surface area contributed by atoms with E-state index in [1.165, 1.54) is 21.2 Å². The summed E-state index contributed by atoms with van der Waals surface area (Å²) in [5.41, 5.74) is 0. The second-order valence-electron chi connectivity index (χ2n) is 6.12. The molecule has 0 aromatic carbocycles. The third-order valence-electron chi connectivity index (χ3n) is 4.79. The van der Waals surface area contributed by atoms with Crippen molar-refractivity contribution in [3.8, 4) is 0 Å². The van der Waals surface area contributed by atoms with Crippen LogP contribution in [0.2, 0.25) is 0 Å². The molecule has 4 aliphatic carbocycles. The van der Waals surface area contributed by atoms with Crippen LogP contribution in [0.4, 0.5) is 0 Å². The fourth-order valence-corrected chi connectivity index (χ4v) is 6.80.